The first-order chi connectivity index (χ1) is 12.8. The van der Waals surface area contributed by atoms with Crippen LogP contribution in [0.1, 0.15) is 33.1 Å². The third-order valence-corrected chi connectivity index (χ3v) is 5.88. The van der Waals surface area contributed by atoms with E-state index in [0.29, 0.717) is 24.6 Å². The van der Waals surface area contributed by atoms with Crippen LogP contribution in [0.5, 0.6) is 5.75 Å². The molecule has 1 amide bonds. The Hall–Kier alpha value is -1.80. The van der Waals surface area contributed by atoms with Crippen molar-refractivity contribution in [3.63, 3.8) is 0 Å². The number of carbonyl (C=O) groups excluding carboxylic acids is 1. The van der Waals surface area contributed by atoms with E-state index < -0.39 is 16.1 Å². The van der Waals surface area contributed by atoms with Crippen LogP contribution < -0.4 is 14.4 Å². The number of nitrogens with zero attached hydrogens (tertiary/aromatic N) is 2. The summed E-state index contributed by atoms with van der Waals surface area (Å²) >= 11 is 0. The van der Waals surface area contributed by atoms with Crippen LogP contribution in [-0.2, 0) is 14.8 Å². The van der Waals surface area contributed by atoms with Crippen molar-refractivity contribution in [1.82, 2.24) is 10.2 Å². The van der Waals surface area contributed by atoms with Gasteiger partial charge in [0.05, 0.1) is 18.6 Å². The summed E-state index contributed by atoms with van der Waals surface area (Å²) in [5.41, 5.74) is 0.445. The van der Waals surface area contributed by atoms with Crippen molar-refractivity contribution in [3.05, 3.63) is 24.3 Å². The second kappa shape index (κ2) is 9.94. The summed E-state index contributed by atoms with van der Waals surface area (Å²) in [6, 6.07) is 5.90. The molecule has 1 aromatic rings. The van der Waals surface area contributed by atoms with Crippen LogP contribution in [-0.4, -0.2) is 64.3 Å². The predicted octanol–water partition coefficient (Wildman–Crippen LogP) is 1.84. The van der Waals surface area contributed by atoms with E-state index in [1.54, 1.807) is 31.2 Å². The molecule has 7 nitrogen and oxygen atoms in total. The highest BCUT2D eigenvalue weighted by molar-refractivity contribution is 7.92. The van der Waals surface area contributed by atoms with Crippen molar-refractivity contribution >= 4 is 21.6 Å². The van der Waals surface area contributed by atoms with Gasteiger partial charge in [0.25, 0.3) is 0 Å². The van der Waals surface area contributed by atoms with E-state index in [9.17, 15) is 13.2 Å². The largest absolute Gasteiger partial charge is 0.494 e. The molecule has 1 aliphatic heterocycles. The summed E-state index contributed by atoms with van der Waals surface area (Å²) < 4.78 is 31.1. The molecule has 1 heterocycles. The highest BCUT2D eigenvalue weighted by Crippen LogP contribution is 2.24. The third kappa shape index (κ3) is 6.39. The Morgan fingerprint density at radius 1 is 1.26 bits per heavy atom. The Labute approximate surface area is 162 Å². The highest BCUT2D eigenvalue weighted by atomic mass is 32.2. The second-order valence-electron chi connectivity index (χ2n) is 6.86. The molecule has 0 aromatic heterocycles. The van der Waals surface area contributed by atoms with Crippen molar-refractivity contribution in [2.45, 2.75) is 39.2 Å². The lowest BCUT2D eigenvalue weighted by Crippen LogP contribution is -2.48. The minimum absolute atomic E-state index is 0.296. The number of sulfonamides is 1. The van der Waals surface area contributed by atoms with Gasteiger partial charge in [-0.05, 0) is 77.0 Å². The number of ether oxygens (including phenoxy) is 1. The number of rotatable bonds is 10. The molecule has 2 rings (SSSR count). The number of nitrogens with one attached hydrogen (secondary N) is 1. The van der Waals surface area contributed by atoms with Gasteiger partial charge in [-0.3, -0.25) is 9.10 Å². The molecule has 152 valence electrons. The van der Waals surface area contributed by atoms with E-state index in [1.807, 2.05) is 6.92 Å². The van der Waals surface area contributed by atoms with Crippen LogP contribution in [0.2, 0.25) is 0 Å². The molecule has 0 spiro atoms. The average molecular weight is 398 g/mol. The molecule has 1 atom stereocenters. The zero-order chi connectivity index (χ0) is 19.9. The van der Waals surface area contributed by atoms with Gasteiger partial charge in [-0.1, -0.05) is 0 Å². The number of benzene rings is 1. The third-order valence-electron chi connectivity index (χ3n) is 4.64. The molecule has 1 N–H and O–H groups in total. The fourth-order valence-electron chi connectivity index (χ4n) is 3.33. The topological polar surface area (TPSA) is 79.0 Å². The van der Waals surface area contributed by atoms with Gasteiger partial charge in [-0.15, -0.1) is 0 Å². The smallest absolute Gasteiger partial charge is 0.243 e. The Balaban J connectivity index is 1.96. The summed E-state index contributed by atoms with van der Waals surface area (Å²) in [6.45, 7) is 7.78. The standard InChI is InChI=1S/C19H31N3O4S/c1-4-26-18-10-8-17(9-11-18)22(27(3,24)25)16(2)19(23)20-12-7-15-21-13-5-6-14-21/h8-11,16H,4-7,12-15H2,1-3H3,(H,20,23)/t16-/m0/s1. The van der Waals surface area contributed by atoms with Gasteiger partial charge in [0.2, 0.25) is 15.9 Å². The fourth-order valence-corrected chi connectivity index (χ4v) is 4.51. The van der Waals surface area contributed by atoms with E-state index >= 15 is 0 Å². The van der Waals surface area contributed by atoms with Crippen molar-refractivity contribution < 1.29 is 17.9 Å². The van der Waals surface area contributed by atoms with Crippen LogP contribution in [0.25, 0.3) is 0 Å². The van der Waals surface area contributed by atoms with Gasteiger partial charge in [-0.2, -0.15) is 0 Å². The lowest BCUT2D eigenvalue weighted by molar-refractivity contribution is -0.121. The summed E-state index contributed by atoms with van der Waals surface area (Å²) in [5.74, 6) is 0.365. The Morgan fingerprint density at radius 2 is 1.89 bits per heavy atom. The summed E-state index contributed by atoms with van der Waals surface area (Å²) in [5, 5.41) is 2.86. The van der Waals surface area contributed by atoms with E-state index in [4.69, 9.17) is 4.74 Å². The van der Waals surface area contributed by atoms with Crippen molar-refractivity contribution in [2.75, 3.05) is 43.3 Å². The Morgan fingerprint density at radius 3 is 2.44 bits per heavy atom. The maximum atomic E-state index is 12.5. The lowest BCUT2D eigenvalue weighted by Gasteiger charge is -2.28. The van der Waals surface area contributed by atoms with Gasteiger partial charge in [0.1, 0.15) is 11.8 Å². The first-order valence-corrected chi connectivity index (χ1v) is 11.4. The van der Waals surface area contributed by atoms with Crippen LogP contribution in [0.15, 0.2) is 24.3 Å². The van der Waals surface area contributed by atoms with Gasteiger partial charge < -0.3 is 15.0 Å². The number of amides is 1. The molecule has 1 aromatic carbocycles. The molecular formula is C19H31N3O4S. The van der Waals surface area contributed by atoms with Gasteiger partial charge in [-0.25, -0.2) is 8.42 Å². The van der Waals surface area contributed by atoms with Gasteiger partial charge >= 0.3 is 0 Å². The molecule has 0 aliphatic carbocycles. The number of likely N-dealkylation sites (tertiary alicyclic amines) is 1. The summed E-state index contributed by atoms with van der Waals surface area (Å²) in [7, 11) is -3.61. The van der Waals surface area contributed by atoms with Crippen LogP contribution in [0, 0.1) is 0 Å². The van der Waals surface area contributed by atoms with E-state index in [0.717, 1.165) is 36.6 Å². The summed E-state index contributed by atoms with van der Waals surface area (Å²) in [6.07, 6.45) is 4.46. The monoisotopic (exact) mass is 397 g/mol. The Kier molecular flexibility index (Phi) is 7.91. The molecule has 0 saturated carbocycles. The molecule has 0 radical (unpaired) electrons. The van der Waals surface area contributed by atoms with E-state index in [2.05, 4.69) is 10.2 Å². The van der Waals surface area contributed by atoms with E-state index in [-0.39, 0.29) is 5.91 Å². The average Bonchev–Trinajstić information content (AvgIpc) is 3.12. The normalized spacial score (nSPS) is 16.1. The minimum atomic E-state index is -3.61. The molecule has 1 saturated heterocycles. The van der Waals surface area contributed by atoms with Crippen LogP contribution in [0.3, 0.4) is 0 Å². The van der Waals surface area contributed by atoms with E-state index in [1.165, 1.54) is 12.8 Å². The van der Waals surface area contributed by atoms with Gasteiger partial charge in [0.15, 0.2) is 0 Å². The van der Waals surface area contributed by atoms with Crippen molar-refractivity contribution in [2.24, 2.45) is 0 Å². The minimum Gasteiger partial charge on any atom is -0.494 e. The molecule has 0 unspecified atom stereocenters. The SMILES string of the molecule is CCOc1ccc(N([C@@H](C)C(=O)NCCCN2CCCC2)S(C)(=O)=O)cc1. The summed E-state index contributed by atoms with van der Waals surface area (Å²) in [4.78, 5) is 14.9. The van der Waals surface area contributed by atoms with Crippen molar-refractivity contribution in [1.29, 1.82) is 0 Å². The molecule has 27 heavy (non-hydrogen) atoms. The zero-order valence-corrected chi connectivity index (χ0v) is 17.3. The maximum Gasteiger partial charge on any atom is 0.243 e. The molecule has 0 bridgehead atoms. The molecule has 8 heteroatoms. The molecule has 1 aliphatic rings. The maximum absolute atomic E-state index is 12.5. The Bertz CT molecular complexity index is 700. The zero-order valence-electron chi connectivity index (χ0n) is 16.5. The number of hydrogen-bond acceptors (Lipinski definition) is 5. The quantitative estimate of drug-likeness (QED) is 0.610. The van der Waals surface area contributed by atoms with Crippen LogP contribution >= 0.6 is 0 Å². The highest BCUT2D eigenvalue weighted by Gasteiger charge is 2.29. The molecular weight excluding hydrogens is 366 g/mol. The van der Waals surface area contributed by atoms with Gasteiger partial charge in [0, 0.05) is 6.54 Å². The fraction of sp³-hybridized carbons (Fsp3) is 0.632. The number of hydrogen-bond donors (Lipinski definition) is 1. The predicted molar refractivity (Wildman–Crippen MR) is 108 cm³/mol. The van der Waals surface area contributed by atoms with Crippen molar-refractivity contribution in [3.8, 4) is 5.75 Å². The number of anilines is 1. The first-order valence-electron chi connectivity index (χ1n) is 9.55. The first kappa shape index (κ1) is 21.5. The number of carbonyl (C=O) groups is 1. The second-order valence-corrected chi connectivity index (χ2v) is 8.71. The van der Waals surface area contributed by atoms with Crippen LogP contribution in [0.4, 0.5) is 5.69 Å². The lowest BCUT2D eigenvalue weighted by atomic mass is 10.2. The molecule has 1 fully saturated rings.